The molecule has 1 unspecified atom stereocenters. The molecule has 0 radical (unpaired) electrons. The van der Waals surface area contributed by atoms with Gasteiger partial charge in [-0.1, -0.05) is 12.1 Å². The number of amides is 2. The molecule has 11 heteroatoms. The molecule has 2 aromatic carbocycles. The number of carbonyl (C=O) groups is 2. The molecule has 1 heterocycles. The highest BCUT2D eigenvalue weighted by atomic mass is 16.6. The zero-order valence-electron chi connectivity index (χ0n) is 19.1. The molecular formula is C23H28N4O7. The van der Waals surface area contributed by atoms with Gasteiger partial charge in [-0.25, -0.2) is 0 Å². The molecule has 1 fully saturated rings. The van der Waals surface area contributed by atoms with Crippen molar-refractivity contribution in [2.45, 2.75) is 6.04 Å². The van der Waals surface area contributed by atoms with E-state index in [1.54, 1.807) is 14.2 Å². The Labute approximate surface area is 197 Å². The van der Waals surface area contributed by atoms with E-state index in [1.807, 2.05) is 18.2 Å². The Kier molecular flexibility index (Phi) is 8.77. The van der Waals surface area contributed by atoms with Crippen molar-refractivity contribution in [1.29, 1.82) is 0 Å². The van der Waals surface area contributed by atoms with E-state index in [9.17, 15) is 19.7 Å². The number of morpholine rings is 1. The lowest BCUT2D eigenvalue weighted by atomic mass is 10.0. The first-order valence-corrected chi connectivity index (χ1v) is 10.8. The Hall–Kier alpha value is -3.70. The second-order valence-electron chi connectivity index (χ2n) is 7.57. The molecule has 1 aliphatic heterocycles. The summed E-state index contributed by atoms with van der Waals surface area (Å²) in [6, 6.07) is 10.8. The average molecular weight is 472 g/mol. The lowest BCUT2D eigenvalue weighted by Crippen LogP contribution is -2.45. The van der Waals surface area contributed by atoms with Gasteiger partial charge in [-0.3, -0.25) is 24.6 Å². The third-order valence-corrected chi connectivity index (χ3v) is 5.50. The summed E-state index contributed by atoms with van der Waals surface area (Å²) in [4.78, 5) is 37.3. The van der Waals surface area contributed by atoms with E-state index in [1.165, 1.54) is 24.3 Å². The highest BCUT2D eigenvalue weighted by Crippen LogP contribution is 2.32. The number of nitro groups is 1. The summed E-state index contributed by atoms with van der Waals surface area (Å²) >= 11 is 0. The first-order chi connectivity index (χ1) is 16.4. The molecule has 11 nitrogen and oxygen atoms in total. The van der Waals surface area contributed by atoms with Gasteiger partial charge in [0.2, 0.25) is 5.91 Å². The van der Waals surface area contributed by atoms with Gasteiger partial charge in [0.05, 0.1) is 44.9 Å². The largest absolute Gasteiger partial charge is 0.493 e. The van der Waals surface area contributed by atoms with Crippen LogP contribution in [0.4, 0.5) is 5.69 Å². The lowest BCUT2D eigenvalue weighted by Gasteiger charge is -2.35. The van der Waals surface area contributed by atoms with Gasteiger partial charge in [-0.2, -0.15) is 0 Å². The van der Waals surface area contributed by atoms with Crippen molar-refractivity contribution < 1.29 is 28.7 Å². The molecule has 1 saturated heterocycles. The summed E-state index contributed by atoms with van der Waals surface area (Å²) in [5.74, 6) is 0.259. The van der Waals surface area contributed by atoms with Crippen LogP contribution in [0, 0.1) is 10.1 Å². The van der Waals surface area contributed by atoms with Crippen LogP contribution >= 0.6 is 0 Å². The molecule has 3 rings (SSSR count). The van der Waals surface area contributed by atoms with E-state index in [2.05, 4.69) is 15.5 Å². The Morgan fingerprint density at radius 3 is 2.50 bits per heavy atom. The lowest BCUT2D eigenvalue weighted by molar-refractivity contribution is -0.384. The predicted molar refractivity (Wildman–Crippen MR) is 123 cm³/mol. The van der Waals surface area contributed by atoms with Gasteiger partial charge in [0.25, 0.3) is 11.6 Å². The topological polar surface area (TPSA) is 132 Å². The summed E-state index contributed by atoms with van der Waals surface area (Å²) in [6.07, 6.45) is 0. The molecule has 2 N–H and O–H groups in total. The van der Waals surface area contributed by atoms with Crippen LogP contribution in [0.25, 0.3) is 0 Å². The maximum atomic E-state index is 12.5. The third-order valence-electron chi connectivity index (χ3n) is 5.50. The zero-order valence-corrected chi connectivity index (χ0v) is 19.1. The van der Waals surface area contributed by atoms with Gasteiger partial charge < -0.3 is 24.8 Å². The molecule has 0 spiro atoms. The normalized spacial score (nSPS) is 14.6. The molecule has 182 valence electrons. The SMILES string of the molecule is COc1ccc(C(CNC(=O)CNC(=O)c2cccc([N+](=O)[O-])c2)N2CCOCC2)cc1OC. The van der Waals surface area contributed by atoms with E-state index >= 15 is 0 Å². The first kappa shape index (κ1) is 24.9. The number of ether oxygens (including phenoxy) is 3. The Morgan fingerprint density at radius 2 is 1.82 bits per heavy atom. The minimum Gasteiger partial charge on any atom is -0.493 e. The fourth-order valence-electron chi connectivity index (χ4n) is 3.70. The second-order valence-corrected chi connectivity index (χ2v) is 7.57. The van der Waals surface area contributed by atoms with Crippen LogP contribution in [0.1, 0.15) is 22.0 Å². The number of hydrogen-bond donors (Lipinski definition) is 2. The number of nitrogens with one attached hydrogen (secondary N) is 2. The van der Waals surface area contributed by atoms with E-state index in [0.29, 0.717) is 44.3 Å². The highest BCUT2D eigenvalue weighted by Gasteiger charge is 2.24. The molecule has 2 aromatic rings. The molecule has 1 atom stereocenters. The monoisotopic (exact) mass is 472 g/mol. The smallest absolute Gasteiger partial charge is 0.270 e. The van der Waals surface area contributed by atoms with E-state index in [0.717, 1.165) is 5.56 Å². The van der Waals surface area contributed by atoms with Crippen LogP contribution in [0.3, 0.4) is 0 Å². The Bertz CT molecular complexity index is 1020. The first-order valence-electron chi connectivity index (χ1n) is 10.8. The Morgan fingerprint density at radius 1 is 1.09 bits per heavy atom. The van der Waals surface area contributed by atoms with Crippen LogP contribution in [0.5, 0.6) is 11.5 Å². The fraction of sp³-hybridized carbons (Fsp3) is 0.391. The molecule has 1 aliphatic rings. The van der Waals surface area contributed by atoms with Crippen molar-refractivity contribution >= 4 is 17.5 Å². The summed E-state index contributed by atoms with van der Waals surface area (Å²) in [5, 5.41) is 16.3. The quantitative estimate of drug-likeness (QED) is 0.393. The van der Waals surface area contributed by atoms with E-state index < -0.39 is 10.8 Å². The standard InChI is InChI=1S/C23H28N4O7/c1-32-20-7-6-16(13-21(20)33-2)19(26-8-10-34-11-9-26)14-24-22(28)15-25-23(29)17-4-3-5-18(12-17)27(30)31/h3-7,12-13,19H,8-11,14-15H2,1-2H3,(H,24,28)(H,25,29). The van der Waals surface area contributed by atoms with Gasteiger partial charge in [0.1, 0.15) is 0 Å². The van der Waals surface area contributed by atoms with Crippen LogP contribution < -0.4 is 20.1 Å². The minimum atomic E-state index is -0.580. The zero-order chi connectivity index (χ0) is 24.5. The van der Waals surface area contributed by atoms with Crippen LogP contribution in [-0.2, 0) is 9.53 Å². The summed E-state index contributed by atoms with van der Waals surface area (Å²) in [5.41, 5.74) is 0.861. The molecule has 0 saturated carbocycles. The fourth-order valence-corrected chi connectivity index (χ4v) is 3.70. The average Bonchev–Trinajstić information content (AvgIpc) is 2.87. The van der Waals surface area contributed by atoms with Crippen molar-refractivity contribution in [2.75, 3.05) is 53.6 Å². The van der Waals surface area contributed by atoms with Crippen molar-refractivity contribution in [3.8, 4) is 11.5 Å². The summed E-state index contributed by atoms with van der Waals surface area (Å²) in [6.45, 7) is 2.65. The summed E-state index contributed by atoms with van der Waals surface area (Å²) in [7, 11) is 3.14. The molecular weight excluding hydrogens is 444 g/mol. The number of hydrogen-bond acceptors (Lipinski definition) is 8. The number of carbonyl (C=O) groups excluding carboxylic acids is 2. The van der Waals surface area contributed by atoms with Crippen LogP contribution in [-0.4, -0.2) is 75.2 Å². The molecule has 2 amide bonds. The second kappa shape index (κ2) is 12.0. The number of non-ortho nitro benzene ring substituents is 1. The van der Waals surface area contributed by atoms with Crippen molar-refractivity contribution in [3.63, 3.8) is 0 Å². The van der Waals surface area contributed by atoms with Crippen molar-refractivity contribution in [2.24, 2.45) is 0 Å². The van der Waals surface area contributed by atoms with Crippen LogP contribution in [0.2, 0.25) is 0 Å². The van der Waals surface area contributed by atoms with E-state index in [-0.39, 0.29) is 29.7 Å². The highest BCUT2D eigenvalue weighted by molar-refractivity contribution is 5.96. The molecule has 0 aromatic heterocycles. The third kappa shape index (κ3) is 6.42. The van der Waals surface area contributed by atoms with Crippen LogP contribution in [0.15, 0.2) is 42.5 Å². The molecule has 0 aliphatic carbocycles. The Balaban J connectivity index is 1.63. The van der Waals surface area contributed by atoms with Crippen molar-refractivity contribution in [3.05, 3.63) is 63.7 Å². The van der Waals surface area contributed by atoms with Crippen molar-refractivity contribution in [1.82, 2.24) is 15.5 Å². The summed E-state index contributed by atoms with van der Waals surface area (Å²) < 4.78 is 16.2. The van der Waals surface area contributed by atoms with Gasteiger partial charge >= 0.3 is 0 Å². The maximum absolute atomic E-state index is 12.5. The molecule has 34 heavy (non-hydrogen) atoms. The van der Waals surface area contributed by atoms with Gasteiger partial charge in [-0.15, -0.1) is 0 Å². The van der Waals surface area contributed by atoms with E-state index in [4.69, 9.17) is 14.2 Å². The number of rotatable bonds is 10. The maximum Gasteiger partial charge on any atom is 0.270 e. The van der Waals surface area contributed by atoms with Gasteiger partial charge in [0.15, 0.2) is 11.5 Å². The van der Waals surface area contributed by atoms with Gasteiger partial charge in [-0.05, 0) is 23.8 Å². The van der Waals surface area contributed by atoms with Gasteiger partial charge in [0, 0.05) is 37.3 Å². The number of nitrogens with zero attached hydrogens (tertiary/aromatic N) is 2. The molecule has 0 bridgehead atoms. The number of benzene rings is 2. The number of methoxy groups -OCH3 is 2. The number of nitro benzene ring substituents is 1. The predicted octanol–water partition coefficient (Wildman–Crippen LogP) is 1.53. The minimum absolute atomic E-state index is 0.110.